The number of rotatable bonds is 13. The summed E-state index contributed by atoms with van der Waals surface area (Å²) in [5.41, 5.74) is 0.506. The van der Waals surface area contributed by atoms with Gasteiger partial charge in [-0.1, -0.05) is 37.3 Å². The summed E-state index contributed by atoms with van der Waals surface area (Å²) in [7, 11) is -2.76. The molecule has 0 aliphatic carbocycles. The molecule has 0 aromatic heterocycles. The summed E-state index contributed by atoms with van der Waals surface area (Å²) in [6.45, 7) is 4.70. The number of sulfonamides is 1. The summed E-state index contributed by atoms with van der Waals surface area (Å²) in [5, 5.41) is 14.1. The van der Waals surface area contributed by atoms with Gasteiger partial charge in [0.1, 0.15) is 18.3 Å². The molecule has 0 heterocycles. The highest BCUT2D eigenvalue weighted by atomic mass is 32.2. The molecule has 12 heteroatoms. The Bertz CT molecular complexity index is 1460. The zero-order valence-electron chi connectivity index (χ0n) is 23.4. The van der Waals surface area contributed by atoms with E-state index in [4.69, 9.17) is 4.74 Å². The van der Waals surface area contributed by atoms with E-state index >= 15 is 0 Å². The van der Waals surface area contributed by atoms with Crippen molar-refractivity contribution in [1.82, 2.24) is 10.2 Å². The van der Waals surface area contributed by atoms with Gasteiger partial charge in [-0.05, 0) is 62.2 Å². The molecule has 2 amide bonds. The van der Waals surface area contributed by atoms with Crippen LogP contribution in [0.3, 0.4) is 0 Å². The van der Waals surface area contributed by atoms with E-state index in [1.165, 1.54) is 48.4 Å². The Morgan fingerprint density at radius 1 is 1.00 bits per heavy atom. The number of nitro groups is 1. The van der Waals surface area contributed by atoms with Crippen molar-refractivity contribution in [3.63, 3.8) is 0 Å². The molecule has 0 saturated carbocycles. The predicted molar refractivity (Wildman–Crippen MR) is 155 cm³/mol. The van der Waals surface area contributed by atoms with Gasteiger partial charge < -0.3 is 15.0 Å². The van der Waals surface area contributed by atoms with E-state index in [0.717, 1.165) is 4.31 Å². The number of carbonyl (C=O) groups is 2. The van der Waals surface area contributed by atoms with Gasteiger partial charge in [0.15, 0.2) is 0 Å². The van der Waals surface area contributed by atoms with Crippen molar-refractivity contribution >= 4 is 33.2 Å². The number of non-ortho nitro benzene ring substituents is 1. The maximum absolute atomic E-state index is 13.9. The molecular weight excluding hydrogens is 548 g/mol. The zero-order chi connectivity index (χ0) is 30.2. The van der Waals surface area contributed by atoms with Crippen LogP contribution in [0.2, 0.25) is 0 Å². The first-order chi connectivity index (χ1) is 19.5. The third-order valence-electron chi connectivity index (χ3n) is 6.61. The second-order valence-corrected chi connectivity index (χ2v) is 11.3. The SMILES string of the molecule is CCC(C)NC(=O)C(C)N(Cc1cccc(OC)c1)C(=O)CN(c1ccc([N+](=O)[O-])cc1)S(=O)(=O)c1ccccc1. The minimum atomic E-state index is -4.27. The van der Waals surface area contributed by atoms with Gasteiger partial charge in [-0.3, -0.25) is 24.0 Å². The number of anilines is 1. The largest absolute Gasteiger partial charge is 0.497 e. The Morgan fingerprint density at radius 3 is 2.24 bits per heavy atom. The minimum Gasteiger partial charge on any atom is -0.497 e. The van der Waals surface area contributed by atoms with Gasteiger partial charge in [0.25, 0.3) is 15.7 Å². The number of nitrogens with zero attached hydrogens (tertiary/aromatic N) is 3. The lowest BCUT2D eigenvalue weighted by Crippen LogP contribution is -2.52. The Balaban J connectivity index is 2.04. The van der Waals surface area contributed by atoms with E-state index in [0.29, 0.717) is 17.7 Å². The Morgan fingerprint density at radius 2 is 1.66 bits per heavy atom. The number of nitrogens with one attached hydrogen (secondary N) is 1. The first-order valence-electron chi connectivity index (χ1n) is 13.0. The van der Waals surface area contributed by atoms with Crippen LogP contribution in [0.4, 0.5) is 11.4 Å². The highest BCUT2D eigenvalue weighted by Gasteiger charge is 2.33. The van der Waals surface area contributed by atoms with Crippen LogP contribution in [0.5, 0.6) is 5.75 Å². The third-order valence-corrected chi connectivity index (χ3v) is 8.40. The number of nitro benzene ring substituents is 1. The monoisotopic (exact) mass is 582 g/mol. The standard InChI is InChI=1S/C29H34N4O7S/c1-5-21(2)30-29(35)22(3)31(19-23-10-9-11-26(18-23)40-4)28(34)20-32(24-14-16-25(17-15-24)33(36)37)41(38,39)27-12-7-6-8-13-27/h6-18,21-22H,5,19-20H2,1-4H3,(H,30,35). The molecule has 2 atom stereocenters. The second kappa shape index (κ2) is 13.8. The van der Waals surface area contributed by atoms with E-state index in [9.17, 15) is 28.1 Å². The molecule has 0 aliphatic rings. The fourth-order valence-electron chi connectivity index (χ4n) is 4.00. The number of carbonyl (C=O) groups excluding carboxylic acids is 2. The van der Waals surface area contributed by atoms with Crippen LogP contribution >= 0.6 is 0 Å². The Hall–Kier alpha value is -4.45. The summed E-state index contributed by atoms with van der Waals surface area (Å²) < 4.78 is 33.7. The summed E-state index contributed by atoms with van der Waals surface area (Å²) in [5.74, 6) is -0.466. The molecule has 41 heavy (non-hydrogen) atoms. The molecule has 1 N–H and O–H groups in total. The quantitative estimate of drug-likeness (QED) is 0.236. The average Bonchev–Trinajstić information content (AvgIpc) is 2.98. The van der Waals surface area contributed by atoms with Crippen LogP contribution in [0.1, 0.15) is 32.8 Å². The molecule has 218 valence electrons. The molecule has 3 rings (SSSR count). The molecule has 0 radical (unpaired) electrons. The maximum Gasteiger partial charge on any atom is 0.269 e. The lowest BCUT2D eigenvalue weighted by atomic mass is 10.1. The van der Waals surface area contributed by atoms with E-state index in [2.05, 4.69) is 5.32 Å². The van der Waals surface area contributed by atoms with E-state index < -0.39 is 33.4 Å². The molecule has 0 spiro atoms. The fraction of sp³-hybridized carbons (Fsp3) is 0.310. The number of hydrogen-bond acceptors (Lipinski definition) is 7. The van der Waals surface area contributed by atoms with Gasteiger partial charge in [0.05, 0.1) is 22.6 Å². The van der Waals surface area contributed by atoms with Crippen LogP contribution in [0.25, 0.3) is 0 Å². The second-order valence-electron chi connectivity index (χ2n) is 9.47. The molecule has 0 saturated heterocycles. The van der Waals surface area contributed by atoms with E-state index in [1.807, 2.05) is 13.8 Å². The number of methoxy groups -OCH3 is 1. The van der Waals surface area contributed by atoms with E-state index in [1.54, 1.807) is 49.4 Å². The van der Waals surface area contributed by atoms with E-state index in [-0.39, 0.29) is 34.8 Å². The number of benzene rings is 3. The maximum atomic E-state index is 13.9. The minimum absolute atomic E-state index is 0.00458. The Labute approximate surface area is 239 Å². The molecular formula is C29H34N4O7S. The van der Waals surface area contributed by atoms with Crippen LogP contribution in [-0.4, -0.2) is 55.8 Å². The van der Waals surface area contributed by atoms with Gasteiger partial charge in [0.2, 0.25) is 11.8 Å². The van der Waals surface area contributed by atoms with Crippen molar-refractivity contribution in [2.24, 2.45) is 0 Å². The molecule has 11 nitrogen and oxygen atoms in total. The van der Waals surface area contributed by atoms with Crippen molar-refractivity contribution in [1.29, 1.82) is 0 Å². The molecule has 0 aliphatic heterocycles. The van der Waals surface area contributed by atoms with Gasteiger partial charge in [-0.25, -0.2) is 8.42 Å². The zero-order valence-corrected chi connectivity index (χ0v) is 24.2. The molecule has 2 unspecified atom stereocenters. The third kappa shape index (κ3) is 7.82. The van der Waals surface area contributed by atoms with Gasteiger partial charge >= 0.3 is 0 Å². The van der Waals surface area contributed by atoms with Gasteiger partial charge in [0, 0.05) is 24.7 Å². The Kier molecular flexibility index (Phi) is 10.4. The molecule has 0 bridgehead atoms. The lowest BCUT2D eigenvalue weighted by molar-refractivity contribution is -0.384. The molecule has 3 aromatic rings. The van der Waals surface area contributed by atoms with Crippen molar-refractivity contribution < 1.29 is 27.7 Å². The highest BCUT2D eigenvalue weighted by molar-refractivity contribution is 7.92. The normalized spacial score (nSPS) is 12.6. The number of amides is 2. The highest BCUT2D eigenvalue weighted by Crippen LogP contribution is 2.26. The van der Waals surface area contributed by atoms with Crippen molar-refractivity contribution in [3.8, 4) is 5.75 Å². The topological polar surface area (TPSA) is 139 Å². The molecule has 3 aromatic carbocycles. The van der Waals surface area contributed by atoms with Crippen LogP contribution in [0.15, 0.2) is 83.8 Å². The van der Waals surface area contributed by atoms with Gasteiger partial charge in [-0.15, -0.1) is 0 Å². The van der Waals surface area contributed by atoms with Gasteiger partial charge in [-0.2, -0.15) is 0 Å². The summed E-state index contributed by atoms with van der Waals surface area (Å²) in [6.07, 6.45) is 0.686. The first-order valence-corrected chi connectivity index (χ1v) is 14.5. The van der Waals surface area contributed by atoms with Crippen molar-refractivity contribution in [2.45, 2.75) is 50.7 Å². The smallest absolute Gasteiger partial charge is 0.269 e. The summed E-state index contributed by atoms with van der Waals surface area (Å²) >= 11 is 0. The average molecular weight is 583 g/mol. The predicted octanol–water partition coefficient (Wildman–Crippen LogP) is 4.13. The summed E-state index contributed by atoms with van der Waals surface area (Å²) in [4.78, 5) is 38.9. The van der Waals surface area contributed by atoms with Crippen molar-refractivity contribution in [2.75, 3.05) is 18.0 Å². The van der Waals surface area contributed by atoms with Crippen LogP contribution in [0, 0.1) is 10.1 Å². The summed E-state index contributed by atoms with van der Waals surface area (Å²) in [6, 6.07) is 18.4. The van der Waals surface area contributed by atoms with Crippen LogP contribution < -0.4 is 14.4 Å². The molecule has 0 fully saturated rings. The fourth-order valence-corrected chi connectivity index (χ4v) is 5.44. The van der Waals surface area contributed by atoms with Crippen LogP contribution in [-0.2, 0) is 26.2 Å². The number of ether oxygens (including phenoxy) is 1. The first kappa shape index (κ1) is 31.1. The lowest BCUT2D eigenvalue weighted by Gasteiger charge is -2.32. The number of hydrogen-bond donors (Lipinski definition) is 1. The van der Waals surface area contributed by atoms with Crippen molar-refractivity contribution in [3.05, 3.63) is 94.5 Å².